The maximum Gasteiger partial charge on any atom is 0.350 e. The fourth-order valence-corrected chi connectivity index (χ4v) is 2.25. The first-order valence-electron chi connectivity index (χ1n) is 7.74. The van der Waals surface area contributed by atoms with Crippen LogP contribution in [-0.4, -0.2) is 44.2 Å². The Morgan fingerprint density at radius 3 is 2.40 bits per heavy atom. The Morgan fingerprint density at radius 2 is 1.84 bits per heavy atom. The molecule has 0 spiro atoms. The van der Waals surface area contributed by atoms with Crippen molar-refractivity contribution < 1.29 is 33.3 Å². The van der Waals surface area contributed by atoms with E-state index in [1.54, 1.807) is 18.2 Å². The second-order valence-electron chi connectivity index (χ2n) is 6.02. The number of anilines is 1. The predicted molar refractivity (Wildman–Crippen MR) is 86.2 cm³/mol. The molecule has 8 heteroatoms. The number of benzene rings is 1. The van der Waals surface area contributed by atoms with Crippen molar-refractivity contribution in [1.29, 1.82) is 0 Å². The Hall–Kier alpha value is -2.74. The molecule has 0 amide bonds. The first kappa shape index (κ1) is 17.1. The van der Waals surface area contributed by atoms with Crippen LogP contribution in [0.2, 0.25) is 0 Å². The molecule has 1 N–H and O–H groups in total. The normalized spacial score (nSPS) is 19.4. The summed E-state index contributed by atoms with van der Waals surface area (Å²) in [6.45, 7) is 4.08. The molecular formula is C17H19NO7. The van der Waals surface area contributed by atoms with E-state index in [-0.39, 0.29) is 11.7 Å². The summed E-state index contributed by atoms with van der Waals surface area (Å²) in [6, 6.07) is 5.16. The van der Waals surface area contributed by atoms with Crippen LogP contribution >= 0.6 is 0 Å². The maximum absolute atomic E-state index is 11.9. The van der Waals surface area contributed by atoms with E-state index in [1.165, 1.54) is 27.2 Å². The van der Waals surface area contributed by atoms with Gasteiger partial charge in [0.25, 0.3) is 5.79 Å². The molecule has 0 aliphatic carbocycles. The molecule has 2 fully saturated rings. The zero-order chi connectivity index (χ0) is 18.0. The average Bonchev–Trinajstić information content (AvgIpc) is 2.49. The van der Waals surface area contributed by atoms with E-state index >= 15 is 0 Å². The van der Waals surface area contributed by atoms with Crippen molar-refractivity contribution in [3.8, 4) is 11.5 Å². The molecule has 25 heavy (non-hydrogen) atoms. The van der Waals surface area contributed by atoms with Crippen LogP contribution in [0.25, 0.3) is 0 Å². The third-order valence-electron chi connectivity index (χ3n) is 3.56. The number of hydrogen-bond acceptors (Lipinski definition) is 8. The quantitative estimate of drug-likeness (QED) is 0.487. The first-order chi connectivity index (χ1) is 11.9. The number of rotatable bonds is 5. The fraction of sp³-hybridized carbons (Fsp3) is 0.412. The maximum atomic E-state index is 11.9. The van der Waals surface area contributed by atoms with Crippen molar-refractivity contribution in [2.75, 3.05) is 25.6 Å². The van der Waals surface area contributed by atoms with Gasteiger partial charge in [0, 0.05) is 31.8 Å². The molecule has 0 unspecified atom stereocenters. The largest absolute Gasteiger partial charge is 0.493 e. The highest BCUT2D eigenvalue weighted by Crippen LogP contribution is 2.32. The van der Waals surface area contributed by atoms with E-state index in [1.807, 2.05) is 0 Å². The van der Waals surface area contributed by atoms with Gasteiger partial charge in [-0.15, -0.1) is 0 Å². The zero-order valence-electron chi connectivity index (χ0n) is 14.2. The third-order valence-corrected chi connectivity index (χ3v) is 3.56. The van der Waals surface area contributed by atoms with E-state index < -0.39 is 17.7 Å². The number of ether oxygens (including phenoxy) is 5. The number of methoxy groups -OCH3 is 1. The van der Waals surface area contributed by atoms with Crippen LogP contribution in [-0.2, 0) is 23.8 Å². The lowest BCUT2D eigenvalue weighted by atomic mass is 10.2. The predicted octanol–water partition coefficient (Wildman–Crippen LogP) is 1.60. The number of cyclic esters (lactones) is 2. The lowest BCUT2D eigenvalue weighted by Crippen LogP contribution is -2.42. The highest BCUT2D eigenvalue weighted by atomic mass is 16.7. The van der Waals surface area contributed by atoms with Gasteiger partial charge in [-0.2, -0.15) is 0 Å². The van der Waals surface area contributed by atoms with Crippen molar-refractivity contribution >= 4 is 17.6 Å². The summed E-state index contributed by atoms with van der Waals surface area (Å²) >= 11 is 0. The summed E-state index contributed by atoms with van der Waals surface area (Å²) in [6.07, 6.45) is 1.26. The van der Waals surface area contributed by atoms with Gasteiger partial charge in [0.15, 0.2) is 17.1 Å². The highest BCUT2D eigenvalue weighted by molar-refractivity contribution is 6.15. The molecule has 8 nitrogen and oxygen atoms in total. The Balaban J connectivity index is 1.72. The summed E-state index contributed by atoms with van der Waals surface area (Å²) in [4.78, 5) is 23.8. The molecular weight excluding hydrogens is 330 g/mol. The van der Waals surface area contributed by atoms with Gasteiger partial charge < -0.3 is 29.0 Å². The molecule has 0 aromatic heterocycles. The van der Waals surface area contributed by atoms with Gasteiger partial charge in [0.1, 0.15) is 6.10 Å². The lowest BCUT2D eigenvalue weighted by Gasteiger charge is -2.29. The van der Waals surface area contributed by atoms with Crippen LogP contribution in [0.5, 0.6) is 11.5 Å². The van der Waals surface area contributed by atoms with Crippen LogP contribution in [0.4, 0.5) is 5.69 Å². The van der Waals surface area contributed by atoms with Crippen LogP contribution < -0.4 is 14.8 Å². The lowest BCUT2D eigenvalue weighted by molar-refractivity contribution is -0.222. The Bertz CT molecular complexity index is 700. The summed E-state index contributed by atoms with van der Waals surface area (Å²) in [7, 11) is 1.53. The van der Waals surface area contributed by atoms with Crippen LogP contribution in [0, 0.1) is 0 Å². The molecule has 1 aromatic carbocycles. The number of carbonyl (C=O) groups is 2. The van der Waals surface area contributed by atoms with Gasteiger partial charge in [-0.05, 0) is 12.1 Å². The van der Waals surface area contributed by atoms with E-state index in [0.29, 0.717) is 30.4 Å². The van der Waals surface area contributed by atoms with E-state index in [9.17, 15) is 9.59 Å². The van der Waals surface area contributed by atoms with Crippen LogP contribution in [0.15, 0.2) is 30.0 Å². The molecule has 2 heterocycles. The summed E-state index contributed by atoms with van der Waals surface area (Å²) in [5.41, 5.74) is 0.386. The monoisotopic (exact) mass is 349 g/mol. The minimum atomic E-state index is -1.26. The Kier molecular flexibility index (Phi) is 4.54. The summed E-state index contributed by atoms with van der Waals surface area (Å²) in [5.74, 6) is -1.65. The third kappa shape index (κ3) is 3.85. The average molecular weight is 349 g/mol. The smallest absolute Gasteiger partial charge is 0.350 e. The molecule has 2 aliphatic rings. The molecule has 0 atom stereocenters. The molecule has 0 radical (unpaired) electrons. The van der Waals surface area contributed by atoms with Gasteiger partial charge in [0.05, 0.1) is 20.3 Å². The van der Waals surface area contributed by atoms with Gasteiger partial charge in [-0.3, -0.25) is 0 Å². The van der Waals surface area contributed by atoms with Gasteiger partial charge >= 0.3 is 11.9 Å². The topological polar surface area (TPSA) is 92.3 Å². The molecule has 0 saturated carbocycles. The van der Waals surface area contributed by atoms with Gasteiger partial charge in [0.2, 0.25) is 0 Å². The summed E-state index contributed by atoms with van der Waals surface area (Å²) < 4.78 is 26.2. The van der Waals surface area contributed by atoms with Crippen LogP contribution in [0.3, 0.4) is 0 Å². The van der Waals surface area contributed by atoms with Gasteiger partial charge in [-0.1, -0.05) is 0 Å². The molecule has 2 saturated heterocycles. The number of hydrogen-bond donors (Lipinski definition) is 1. The minimum Gasteiger partial charge on any atom is -0.493 e. The number of esters is 2. The molecule has 1 aromatic rings. The van der Waals surface area contributed by atoms with E-state index in [4.69, 9.17) is 23.7 Å². The molecule has 2 aliphatic heterocycles. The Morgan fingerprint density at radius 1 is 1.16 bits per heavy atom. The molecule has 3 rings (SSSR count). The zero-order valence-corrected chi connectivity index (χ0v) is 14.2. The second kappa shape index (κ2) is 6.64. The number of carbonyl (C=O) groups excluding carboxylic acids is 2. The molecule has 0 bridgehead atoms. The Labute approximate surface area is 144 Å². The fourth-order valence-electron chi connectivity index (χ4n) is 2.25. The van der Waals surface area contributed by atoms with Crippen molar-refractivity contribution in [3.05, 3.63) is 30.0 Å². The van der Waals surface area contributed by atoms with E-state index in [0.717, 1.165) is 0 Å². The van der Waals surface area contributed by atoms with Crippen LogP contribution in [0.1, 0.15) is 13.8 Å². The SMILES string of the molecule is COc1cc(NC=C2C(=O)OC(C)(C)OC2=O)ccc1OC1COC1. The minimum absolute atomic E-state index is 0.0185. The highest BCUT2D eigenvalue weighted by Gasteiger charge is 2.38. The first-order valence-corrected chi connectivity index (χ1v) is 7.74. The van der Waals surface area contributed by atoms with E-state index in [2.05, 4.69) is 5.32 Å². The number of nitrogens with one attached hydrogen (secondary N) is 1. The van der Waals surface area contributed by atoms with Crippen molar-refractivity contribution in [2.24, 2.45) is 0 Å². The van der Waals surface area contributed by atoms with Crippen molar-refractivity contribution in [3.63, 3.8) is 0 Å². The molecule has 134 valence electrons. The van der Waals surface area contributed by atoms with Crippen molar-refractivity contribution in [2.45, 2.75) is 25.7 Å². The van der Waals surface area contributed by atoms with Crippen molar-refractivity contribution in [1.82, 2.24) is 0 Å². The second-order valence-corrected chi connectivity index (χ2v) is 6.02. The standard InChI is InChI=1S/C17H19NO7/c1-17(2)24-15(19)12(16(20)25-17)7-18-10-4-5-13(14(6-10)21-3)23-11-8-22-9-11/h4-7,11,18H,8-9H2,1-3H3. The summed E-state index contributed by atoms with van der Waals surface area (Å²) in [5, 5.41) is 2.86. The van der Waals surface area contributed by atoms with Gasteiger partial charge in [-0.25, -0.2) is 9.59 Å².